The van der Waals surface area contributed by atoms with E-state index in [0.717, 1.165) is 17.9 Å². The van der Waals surface area contributed by atoms with E-state index in [-0.39, 0.29) is 0 Å². The van der Waals surface area contributed by atoms with Crippen molar-refractivity contribution in [1.29, 1.82) is 0 Å². The molecule has 0 N–H and O–H groups in total. The van der Waals surface area contributed by atoms with Crippen molar-refractivity contribution in [2.75, 3.05) is 11.9 Å². The zero-order valence-corrected chi connectivity index (χ0v) is 10.3. The molecule has 18 heavy (non-hydrogen) atoms. The molecule has 3 aromatic rings. The van der Waals surface area contributed by atoms with Crippen molar-refractivity contribution in [3.05, 3.63) is 66.6 Å². The summed E-state index contributed by atoms with van der Waals surface area (Å²) in [6.07, 6.45) is 4.10. The highest BCUT2D eigenvalue weighted by molar-refractivity contribution is 5.46. The molecule has 90 valence electrons. The topological polar surface area (TPSA) is 20.5 Å². The van der Waals surface area contributed by atoms with E-state index in [0.29, 0.717) is 0 Å². The Kier molecular flexibility index (Phi) is 2.73. The predicted molar refractivity (Wildman–Crippen MR) is 73.7 cm³/mol. The maximum absolute atomic E-state index is 4.60. The van der Waals surface area contributed by atoms with E-state index in [1.807, 2.05) is 34.9 Å². The van der Waals surface area contributed by atoms with Crippen LogP contribution in [-0.2, 0) is 6.54 Å². The molecule has 0 saturated carbocycles. The minimum Gasteiger partial charge on any atom is -0.369 e. The van der Waals surface area contributed by atoms with Gasteiger partial charge in [0.1, 0.15) is 5.65 Å². The summed E-state index contributed by atoms with van der Waals surface area (Å²) in [6, 6.07) is 16.4. The average molecular weight is 237 g/mol. The average Bonchev–Trinajstić information content (AvgIpc) is 2.82. The van der Waals surface area contributed by atoms with Crippen molar-refractivity contribution in [1.82, 2.24) is 9.38 Å². The molecule has 0 atom stereocenters. The summed E-state index contributed by atoms with van der Waals surface area (Å²) in [5.41, 5.74) is 3.27. The largest absolute Gasteiger partial charge is 0.369 e. The second kappa shape index (κ2) is 4.53. The van der Waals surface area contributed by atoms with Gasteiger partial charge < -0.3 is 9.30 Å². The third kappa shape index (κ3) is 2.07. The van der Waals surface area contributed by atoms with Gasteiger partial charge in [-0.15, -0.1) is 0 Å². The highest BCUT2D eigenvalue weighted by Crippen LogP contribution is 2.14. The Labute approximate surface area is 106 Å². The predicted octanol–water partition coefficient (Wildman–Crippen LogP) is 2.97. The molecule has 0 bridgehead atoms. The number of rotatable bonds is 3. The van der Waals surface area contributed by atoms with Gasteiger partial charge in [-0.1, -0.05) is 24.3 Å². The van der Waals surface area contributed by atoms with Crippen LogP contribution in [0.5, 0.6) is 0 Å². The van der Waals surface area contributed by atoms with Crippen molar-refractivity contribution >= 4 is 11.3 Å². The second-order valence-corrected chi connectivity index (χ2v) is 4.39. The number of anilines is 1. The summed E-state index contributed by atoms with van der Waals surface area (Å²) in [5.74, 6) is 0. The molecule has 0 unspecified atom stereocenters. The van der Waals surface area contributed by atoms with Gasteiger partial charge in [0.25, 0.3) is 0 Å². The molecule has 2 aromatic heterocycles. The van der Waals surface area contributed by atoms with Crippen LogP contribution in [0.2, 0.25) is 0 Å². The SMILES string of the molecule is CN(Cc1cn2ccccc2n1)c1ccccc1. The van der Waals surface area contributed by atoms with Crippen LogP contribution in [-0.4, -0.2) is 16.4 Å². The molecule has 0 aliphatic carbocycles. The van der Waals surface area contributed by atoms with Crippen molar-refractivity contribution in [3.63, 3.8) is 0 Å². The summed E-state index contributed by atoms with van der Waals surface area (Å²) >= 11 is 0. The maximum atomic E-state index is 4.60. The third-order valence-corrected chi connectivity index (χ3v) is 3.01. The van der Waals surface area contributed by atoms with Crippen LogP contribution in [0, 0.1) is 0 Å². The van der Waals surface area contributed by atoms with Gasteiger partial charge in [-0.25, -0.2) is 4.98 Å². The lowest BCUT2D eigenvalue weighted by molar-refractivity contribution is 0.896. The van der Waals surface area contributed by atoms with Gasteiger partial charge >= 0.3 is 0 Å². The van der Waals surface area contributed by atoms with Crippen LogP contribution in [0.1, 0.15) is 5.69 Å². The molecule has 3 nitrogen and oxygen atoms in total. The van der Waals surface area contributed by atoms with Crippen molar-refractivity contribution in [2.24, 2.45) is 0 Å². The quantitative estimate of drug-likeness (QED) is 0.698. The highest BCUT2D eigenvalue weighted by atomic mass is 15.1. The maximum Gasteiger partial charge on any atom is 0.137 e. The Morgan fingerprint density at radius 3 is 2.61 bits per heavy atom. The molecule has 0 spiro atoms. The highest BCUT2D eigenvalue weighted by Gasteiger charge is 2.05. The van der Waals surface area contributed by atoms with E-state index in [2.05, 4.69) is 47.4 Å². The lowest BCUT2D eigenvalue weighted by Crippen LogP contribution is -2.16. The monoisotopic (exact) mass is 237 g/mol. The first-order chi connectivity index (χ1) is 8.83. The minimum absolute atomic E-state index is 0.811. The van der Waals surface area contributed by atoms with Crippen LogP contribution < -0.4 is 4.90 Å². The van der Waals surface area contributed by atoms with Gasteiger partial charge in [0.15, 0.2) is 0 Å². The van der Waals surface area contributed by atoms with Gasteiger partial charge in [0, 0.05) is 25.1 Å². The Hall–Kier alpha value is -2.29. The number of pyridine rings is 1. The molecule has 3 rings (SSSR count). The summed E-state index contributed by atoms with van der Waals surface area (Å²) in [5, 5.41) is 0. The Morgan fingerprint density at radius 2 is 1.83 bits per heavy atom. The van der Waals surface area contributed by atoms with Gasteiger partial charge in [0.2, 0.25) is 0 Å². The number of imidazole rings is 1. The molecular weight excluding hydrogens is 222 g/mol. The smallest absolute Gasteiger partial charge is 0.137 e. The Morgan fingerprint density at radius 1 is 1.06 bits per heavy atom. The minimum atomic E-state index is 0.811. The zero-order valence-electron chi connectivity index (χ0n) is 10.3. The van der Waals surface area contributed by atoms with Crippen LogP contribution in [0.15, 0.2) is 60.9 Å². The first-order valence-electron chi connectivity index (χ1n) is 6.02. The number of nitrogens with zero attached hydrogens (tertiary/aromatic N) is 3. The first kappa shape index (κ1) is 10.8. The fourth-order valence-corrected chi connectivity index (χ4v) is 2.08. The zero-order chi connectivity index (χ0) is 12.4. The number of hydrogen-bond donors (Lipinski definition) is 0. The lowest BCUT2D eigenvalue weighted by atomic mass is 10.3. The summed E-state index contributed by atoms with van der Waals surface area (Å²) in [4.78, 5) is 6.80. The summed E-state index contributed by atoms with van der Waals surface area (Å²) < 4.78 is 2.05. The van der Waals surface area contributed by atoms with E-state index in [1.54, 1.807) is 0 Å². The van der Waals surface area contributed by atoms with E-state index in [4.69, 9.17) is 0 Å². The van der Waals surface area contributed by atoms with Crippen LogP contribution in [0.25, 0.3) is 5.65 Å². The van der Waals surface area contributed by atoms with Crippen LogP contribution in [0.4, 0.5) is 5.69 Å². The van der Waals surface area contributed by atoms with E-state index < -0.39 is 0 Å². The molecule has 1 aromatic carbocycles. The standard InChI is InChI=1S/C15H15N3/c1-17(14-7-3-2-4-8-14)11-13-12-18-10-6-5-9-15(18)16-13/h2-10,12H,11H2,1H3. The Bertz CT molecular complexity index is 610. The summed E-state index contributed by atoms with van der Waals surface area (Å²) in [6.45, 7) is 0.811. The molecule has 0 amide bonds. The van der Waals surface area contributed by atoms with Gasteiger partial charge in [-0.3, -0.25) is 0 Å². The molecule has 3 heteroatoms. The van der Waals surface area contributed by atoms with Crippen LogP contribution in [0.3, 0.4) is 0 Å². The molecule has 0 aliphatic rings. The van der Waals surface area contributed by atoms with Gasteiger partial charge in [-0.2, -0.15) is 0 Å². The number of fused-ring (bicyclic) bond motifs is 1. The van der Waals surface area contributed by atoms with E-state index >= 15 is 0 Å². The van der Waals surface area contributed by atoms with Gasteiger partial charge in [-0.05, 0) is 24.3 Å². The molecule has 0 fully saturated rings. The second-order valence-electron chi connectivity index (χ2n) is 4.39. The number of aromatic nitrogens is 2. The third-order valence-electron chi connectivity index (χ3n) is 3.01. The number of para-hydroxylation sites is 1. The van der Waals surface area contributed by atoms with Crippen LogP contribution >= 0.6 is 0 Å². The number of hydrogen-bond acceptors (Lipinski definition) is 2. The molecule has 0 saturated heterocycles. The fourth-order valence-electron chi connectivity index (χ4n) is 2.08. The van der Waals surface area contributed by atoms with Crippen molar-refractivity contribution in [3.8, 4) is 0 Å². The molecule has 0 radical (unpaired) electrons. The van der Waals surface area contributed by atoms with E-state index in [9.17, 15) is 0 Å². The van der Waals surface area contributed by atoms with E-state index in [1.165, 1.54) is 5.69 Å². The molecular formula is C15H15N3. The molecule has 2 heterocycles. The Balaban J connectivity index is 1.84. The van der Waals surface area contributed by atoms with Crippen molar-refractivity contribution < 1.29 is 0 Å². The first-order valence-corrected chi connectivity index (χ1v) is 6.02. The molecule has 0 aliphatic heterocycles. The normalized spacial score (nSPS) is 10.7. The fraction of sp³-hybridized carbons (Fsp3) is 0.133. The summed E-state index contributed by atoms with van der Waals surface area (Å²) in [7, 11) is 2.08. The number of benzene rings is 1. The van der Waals surface area contributed by atoms with Gasteiger partial charge in [0.05, 0.1) is 12.2 Å². The van der Waals surface area contributed by atoms with Crippen molar-refractivity contribution in [2.45, 2.75) is 6.54 Å². The lowest BCUT2D eigenvalue weighted by Gasteiger charge is -2.17.